The summed E-state index contributed by atoms with van der Waals surface area (Å²) in [5.41, 5.74) is 0. The van der Waals surface area contributed by atoms with Crippen molar-refractivity contribution in [1.29, 1.82) is 0 Å². The molecule has 2 aliphatic heterocycles. The normalized spacial score (nSPS) is 24.8. The summed E-state index contributed by atoms with van der Waals surface area (Å²) in [7, 11) is 0. The lowest BCUT2D eigenvalue weighted by molar-refractivity contribution is -0.136. The number of hydrogen-bond donors (Lipinski definition) is 1. The highest BCUT2D eigenvalue weighted by atomic mass is 16.2. The zero-order valence-corrected chi connectivity index (χ0v) is 14.1. The van der Waals surface area contributed by atoms with Gasteiger partial charge in [-0.2, -0.15) is 0 Å². The van der Waals surface area contributed by atoms with Crippen LogP contribution in [0.4, 0.5) is 0 Å². The molecule has 1 atom stereocenters. The minimum Gasteiger partial charge on any atom is -0.339 e. The first kappa shape index (κ1) is 16.8. The molecule has 1 amide bonds. The minimum atomic E-state index is 0.338. The molecule has 4 heteroatoms. The molecule has 2 fully saturated rings. The molecule has 2 rings (SSSR count). The lowest BCUT2D eigenvalue weighted by atomic mass is 9.97. The van der Waals surface area contributed by atoms with Crippen LogP contribution < -0.4 is 5.32 Å². The quantitative estimate of drug-likeness (QED) is 0.844. The van der Waals surface area contributed by atoms with E-state index in [0.29, 0.717) is 24.5 Å². The van der Waals surface area contributed by atoms with E-state index in [1.807, 2.05) is 0 Å². The average molecular weight is 295 g/mol. The maximum Gasteiger partial charge on any atom is 0.236 e. The van der Waals surface area contributed by atoms with Crippen LogP contribution in [0, 0.1) is 5.92 Å². The molecule has 1 N–H and O–H groups in total. The van der Waals surface area contributed by atoms with Gasteiger partial charge in [-0.05, 0) is 71.9 Å². The standard InChI is InChI=1S/C17H33N3O/c1-14(2)19(12-16-7-9-18-10-8-16)13-17(21)20-11-5-4-6-15(20)3/h14-16,18H,4-13H2,1-3H3. The van der Waals surface area contributed by atoms with Crippen LogP contribution in [0.1, 0.15) is 52.9 Å². The van der Waals surface area contributed by atoms with Crippen molar-refractivity contribution in [3.63, 3.8) is 0 Å². The number of hydrogen-bond acceptors (Lipinski definition) is 3. The van der Waals surface area contributed by atoms with Crippen molar-refractivity contribution in [1.82, 2.24) is 15.1 Å². The van der Waals surface area contributed by atoms with Crippen molar-refractivity contribution < 1.29 is 4.79 Å². The number of rotatable bonds is 5. The summed E-state index contributed by atoms with van der Waals surface area (Å²) in [6.07, 6.45) is 6.11. The van der Waals surface area contributed by atoms with E-state index >= 15 is 0 Å². The van der Waals surface area contributed by atoms with E-state index in [1.54, 1.807) is 0 Å². The lowest BCUT2D eigenvalue weighted by Gasteiger charge is -2.37. The highest BCUT2D eigenvalue weighted by molar-refractivity contribution is 5.78. The first-order valence-corrected chi connectivity index (χ1v) is 8.82. The third-order valence-electron chi connectivity index (χ3n) is 5.14. The minimum absolute atomic E-state index is 0.338. The van der Waals surface area contributed by atoms with E-state index in [2.05, 4.69) is 35.9 Å². The molecular weight excluding hydrogens is 262 g/mol. The van der Waals surface area contributed by atoms with Crippen LogP contribution in [0.3, 0.4) is 0 Å². The van der Waals surface area contributed by atoms with Crippen LogP contribution in [-0.2, 0) is 4.79 Å². The van der Waals surface area contributed by atoms with Gasteiger partial charge in [-0.15, -0.1) is 0 Å². The van der Waals surface area contributed by atoms with Gasteiger partial charge in [-0.25, -0.2) is 0 Å². The molecule has 2 aliphatic rings. The van der Waals surface area contributed by atoms with Crippen molar-refractivity contribution >= 4 is 5.91 Å². The number of amides is 1. The number of carbonyl (C=O) groups is 1. The van der Waals surface area contributed by atoms with E-state index < -0.39 is 0 Å². The van der Waals surface area contributed by atoms with Gasteiger partial charge in [-0.3, -0.25) is 9.69 Å². The molecule has 0 aromatic heterocycles. The summed E-state index contributed by atoms with van der Waals surface area (Å²) in [5.74, 6) is 1.09. The Labute approximate surface area is 130 Å². The van der Waals surface area contributed by atoms with Crippen molar-refractivity contribution in [3.05, 3.63) is 0 Å². The molecule has 4 nitrogen and oxygen atoms in total. The zero-order valence-electron chi connectivity index (χ0n) is 14.1. The second kappa shape index (κ2) is 8.14. The first-order valence-electron chi connectivity index (χ1n) is 8.82. The number of piperidine rings is 2. The summed E-state index contributed by atoms with van der Waals surface area (Å²) in [6.45, 7) is 11.5. The Hall–Kier alpha value is -0.610. The van der Waals surface area contributed by atoms with Crippen molar-refractivity contribution in [2.75, 3.05) is 32.7 Å². The van der Waals surface area contributed by atoms with Gasteiger partial charge < -0.3 is 10.2 Å². The predicted molar refractivity (Wildman–Crippen MR) is 87.3 cm³/mol. The molecule has 0 aromatic carbocycles. The van der Waals surface area contributed by atoms with Gasteiger partial charge in [0, 0.05) is 25.2 Å². The molecular formula is C17H33N3O. The van der Waals surface area contributed by atoms with E-state index in [4.69, 9.17) is 0 Å². The van der Waals surface area contributed by atoms with Crippen molar-refractivity contribution in [3.8, 4) is 0 Å². The van der Waals surface area contributed by atoms with Gasteiger partial charge in [0.15, 0.2) is 0 Å². The van der Waals surface area contributed by atoms with Gasteiger partial charge in [0.1, 0.15) is 0 Å². The van der Waals surface area contributed by atoms with Crippen LogP contribution in [0.15, 0.2) is 0 Å². The second-order valence-electron chi connectivity index (χ2n) is 7.15. The molecule has 2 saturated heterocycles. The fraction of sp³-hybridized carbons (Fsp3) is 0.941. The molecule has 1 unspecified atom stereocenters. The highest BCUT2D eigenvalue weighted by Crippen LogP contribution is 2.19. The van der Waals surface area contributed by atoms with Gasteiger partial charge in [0.25, 0.3) is 0 Å². The number of likely N-dealkylation sites (tertiary alicyclic amines) is 1. The van der Waals surface area contributed by atoms with E-state index in [1.165, 1.54) is 32.1 Å². The third kappa shape index (κ3) is 4.96. The summed E-state index contributed by atoms with van der Waals surface area (Å²) < 4.78 is 0. The summed E-state index contributed by atoms with van der Waals surface area (Å²) in [5, 5.41) is 3.42. The van der Waals surface area contributed by atoms with E-state index in [-0.39, 0.29) is 0 Å². The van der Waals surface area contributed by atoms with Crippen LogP contribution >= 0.6 is 0 Å². The molecule has 122 valence electrons. The Bertz CT molecular complexity index is 326. The fourth-order valence-electron chi connectivity index (χ4n) is 3.59. The summed E-state index contributed by atoms with van der Waals surface area (Å²) >= 11 is 0. The van der Waals surface area contributed by atoms with Gasteiger partial charge in [-0.1, -0.05) is 0 Å². The molecule has 2 heterocycles. The summed E-state index contributed by atoms with van der Waals surface area (Å²) in [6, 6.07) is 0.878. The second-order valence-corrected chi connectivity index (χ2v) is 7.15. The van der Waals surface area contributed by atoms with Crippen LogP contribution in [-0.4, -0.2) is 60.5 Å². The molecule has 0 bridgehead atoms. The third-order valence-corrected chi connectivity index (χ3v) is 5.14. The predicted octanol–water partition coefficient (Wildman–Crippen LogP) is 2.10. The largest absolute Gasteiger partial charge is 0.339 e. The van der Waals surface area contributed by atoms with Crippen LogP contribution in [0.2, 0.25) is 0 Å². The Morgan fingerprint density at radius 3 is 2.57 bits per heavy atom. The summed E-state index contributed by atoms with van der Waals surface area (Å²) in [4.78, 5) is 17.1. The Morgan fingerprint density at radius 1 is 1.24 bits per heavy atom. The van der Waals surface area contributed by atoms with Gasteiger partial charge in [0.05, 0.1) is 6.54 Å². The fourth-order valence-corrected chi connectivity index (χ4v) is 3.59. The highest BCUT2D eigenvalue weighted by Gasteiger charge is 2.26. The first-order chi connectivity index (χ1) is 10.1. The zero-order chi connectivity index (χ0) is 15.2. The van der Waals surface area contributed by atoms with E-state index in [9.17, 15) is 4.79 Å². The molecule has 0 aliphatic carbocycles. The number of nitrogens with one attached hydrogen (secondary N) is 1. The number of nitrogens with zero attached hydrogens (tertiary/aromatic N) is 2. The van der Waals surface area contributed by atoms with E-state index in [0.717, 1.165) is 32.1 Å². The molecule has 0 spiro atoms. The van der Waals surface area contributed by atoms with Crippen molar-refractivity contribution in [2.45, 2.75) is 65.0 Å². The van der Waals surface area contributed by atoms with Crippen molar-refractivity contribution in [2.24, 2.45) is 5.92 Å². The van der Waals surface area contributed by atoms with Gasteiger partial charge >= 0.3 is 0 Å². The number of carbonyl (C=O) groups excluding carboxylic acids is 1. The lowest BCUT2D eigenvalue weighted by Crippen LogP contribution is -2.49. The SMILES string of the molecule is CC(C)N(CC(=O)N1CCCCC1C)CC1CCNCC1. The van der Waals surface area contributed by atoms with Gasteiger partial charge in [0.2, 0.25) is 5.91 Å². The Balaban J connectivity index is 1.87. The Kier molecular flexibility index (Phi) is 6.49. The molecule has 0 saturated carbocycles. The smallest absolute Gasteiger partial charge is 0.236 e. The maximum absolute atomic E-state index is 12.6. The molecule has 0 aromatic rings. The molecule has 0 radical (unpaired) electrons. The average Bonchev–Trinajstić information content (AvgIpc) is 2.48. The topological polar surface area (TPSA) is 35.6 Å². The Morgan fingerprint density at radius 2 is 1.95 bits per heavy atom. The van der Waals surface area contributed by atoms with Crippen LogP contribution in [0.25, 0.3) is 0 Å². The van der Waals surface area contributed by atoms with Crippen LogP contribution in [0.5, 0.6) is 0 Å². The molecule has 21 heavy (non-hydrogen) atoms. The maximum atomic E-state index is 12.6. The monoisotopic (exact) mass is 295 g/mol.